The highest BCUT2D eigenvalue weighted by Crippen LogP contribution is 2.26. The Labute approximate surface area is 125 Å². The number of hydrogen-bond acceptors (Lipinski definition) is 5. The van der Waals surface area contributed by atoms with Crippen LogP contribution in [0.2, 0.25) is 0 Å². The minimum atomic E-state index is 0.827. The van der Waals surface area contributed by atoms with Crippen LogP contribution < -0.4 is 10.1 Å². The van der Waals surface area contributed by atoms with Crippen LogP contribution >= 0.6 is 22.7 Å². The van der Waals surface area contributed by atoms with Crippen molar-refractivity contribution in [1.29, 1.82) is 0 Å². The van der Waals surface area contributed by atoms with E-state index in [1.165, 1.54) is 4.88 Å². The molecule has 0 saturated heterocycles. The van der Waals surface area contributed by atoms with Crippen LogP contribution in [-0.4, -0.2) is 12.1 Å². The highest BCUT2D eigenvalue weighted by molar-refractivity contribution is 7.14. The van der Waals surface area contributed by atoms with Gasteiger partial charge in [0.05, 0.1) is 19.3 Å². The molecule has 3 nitrogen and oxygen atoms in total. The lowest BCUT2D eigenvalue weighted by Crippen LogP contribution is -1.96. The van der Waals surface area contributed by atoms with Crippen molar-refractivity contribution in [2.45, 2.75) is 6.54 Å². The fourth-order valence-electron chi connectivity index (χ4n) is 1.83. The van der Waals surface area contributed by atoms with Gasteiger partial charge in [0, 0.05) is 15.8 Å². The van der Waals surface area contributed by atoms with E-state index in [2.05, 4.69) is 33.2 Å². The molecule has 3 aromatic rings. The fraction of sp³-hybridized carbons (Fsp3) is 0.133. The lowest BCUT2D eigenvalue weighted by molar-refractivity contribution is 0.415. The van der Waals surface area contributed by atoms with Crippen LogP contribution in [0.5, 0.6) is 5.75 Å². The molecule has 0 fully saturated rings. The molecule has 0 aliphatic carbocycles. The third-order valence-corrected chi connectivity index (χ3v) is 4.56. The monoisotopic (exact) mass is 302 g/mol. The summed E-state index contributed by atoms with van der Waals surface area (Å²) in [6.07, 6.45) is 0. The molecule has 5 heteroatoms. The Morgan fingerprint density at radius 2 is 2.00 bits per heavy atom. The zero-order valence-electron chi connectivity index (χ0n) is 11.0. The molecule has 0 bridgehead atoms. The molecule has 3 rings (SSSR count). The summed E-state index contributed by atoms with van der Waals surface area (Å²) < 4.78 is 5.16. The van der Waals surface area contributed by atoms with E-state index < -0.39 is 0 Å². The van der Waals surface area contributed by atoms with Gasteiger partial charge in [-0.15, -0.1) is 22.7 Å². The number of thiazole rings is 1. The summed E-state index contributed by atoms with van der Waals surface area (Å²) in [7, 11) is 1.67. The van der Waals surface area contributed by atoms with Gasteiger partial charge >= 0.3 is 0 Å². The lowest BCUT2D eigenvalue weighted by Gasteiger charge is -2.01. The van der Waals surface area contributed by atoms with Gasteiger partial charge in [-0.3, -0.25) is 0 Å². The van der Waals surface area contributed by atoms with E-state index >= 15 is 0 Å². The molecule has 0 amide bonds. The summed E-state index contributed by atoms with van der Waals surface area (Å²) in [4.78, 5) is 5.92. The summed E-state index contributed by atoms with van der Waals surface area (Å²) in [5, 5.41) is 8.45. The van der Waals surface area contributed by atoms with Gasteiger partial charge in [-0.1, -0.05) is 6.07 Å². The molecular formula is C15H14N2OS2. The van der Waals surface area contributed by atoms with Gasteiger partial charge < -0.3 is 10.1 Å². The highest BCUT2D eigenvalue weighted by Gasteiger charge is 2.05. The number of ether oxygens (including phenoxy) is 1. The first-order valence-electron chi connectivity index (χ1n) is 6.21. The molecule has 1 aromatic carbocycles. The Morgan fingerprint density at radius 3 is 2.70 bits per heavy atom. The van der Waals surface area contributed by atoms with E-state index in [1.54, 1.807) is 29.8 Å². The van der Waals surface area contributed by atoms with Crippen molar-refractivity contribution in [3.8, 4) is 17.0 Å². The molecular weight excluding hydrogens is 288 g/mol. The van der Waals surface area contributed by atoms with Crippen molar-refractivity contribution in [1.82, 2.24) is 4.98 Å². The van der Waals surface area contributed by atoms with Crippen LogP contribution in [0.25, 0.3) is 11.3 Å². The van der Waals surface area contributed by atoms with Gasteiger partial charge in [-0.25, -0.2) is 4.98 Å². The number of nitrogens with zero attached hydrogens (tertiary/aromatic N) is 1. The SMILES string of the molecule is COc1ccc(-c2csc(NCc3cccs3)n2)cc1. The summed E-state index contributed by atoms with van der Waals surface area (Å²) >= 11 is 3.38. The second-order valence-electron chi connectivity index (χ2n) is 4.20. The van der Waals surface area contributed by atoms with E-state index in [9.17, 15) is 0 Å². The van der Waals surface area contributed by atoms with Gasteiger partial charge in [0.25, 0.3) is 0 Å². The molecule has 102 valence electrons. The van der Waals surface area contributed by atoms with E-state index in [-0.39, 0.29) is 0 Å². The molecule has 0 saturated carbocycles. The lowest BCUT2D eigenvalue weighted by atomic mass is 10.2. The molecule has 0 aliphatic rings. The summed E-state index contributed by atoms with van der Waals surface area (Å²) in [5.41, 5.74) is 2.09. The molecule has 0 radical (unpaired) electrons. The maximum atomic E-state index is 5.16. The Kier molecular flexibility index (Phi) is 3.99. The van der Waals surface area contributed by atoms with E-state index in [0.29, 0.717) is 0 Å². The van der Waals surface area contributed by atoms with Gasteiger partial charge in [0.15, 0.2) is 5.13 Å². The number of aromatic nitrogens is 1. The second kappa shape index (κ2) is 6.07. The zero-order valence-corrected chi connectivity index (χ0v) is 12.6. The average Bonchev–Trinajstić information content (AvgIpc) is 3.17. The minimum Gasteiger partial charge on any atom is -0.497 e. The predicted molar refractivity (Wildman–Crippen MR) is 85.7 cm³/mol. The molecule has 2 aromatic heterocycles. The number of anilines is 1. The van der Waals surface area contributed by atoms with Crippen LogP contribution in [-0.2, 0) is 6.54 Å². The van der Waals surface area contributed by atoms with Crippen LogP contribution in [0.3, 0.4) is 0 Å². The van der Waals surface area contributed by atoms with Gasteiger partial charge in [0.1, 0.15) is 5.75 Å². The van der Waals surface area contributed by atoms with Crippen molar-refractivity contribution in [3.63, 3.8) is 0 Å². The predicted octanol–water partition coefficient (Wildman–Crippen LogP) is 4.49. The van der Waals surface area contributed by atoms with Crippen LogP contribution in [0, 0.1) is 0 Å². The maximum absolute atomic E-state index is 5.16. The normalized spacial score (nSPS) is 10.4. The number of hydrogen-bond donors (Lipinski definition) is 1. The number of benzene rings is 1. The molecule has 20 heavy (non-hydrogen) atoms. The van der Waals surface area contributed by atoms with Crippen LogP contribution in [0.1, 0.15) is 4.88 Å². The van der Waals surface area contributed by atoms with Crippen molar-refractivity contribution >= 4 is 27.8 Å². The first-order valence-corrected chi connectivity index (χ1v) is 7.97. The van der Waals surface area contributed by atoms with Gasteiger partial charge in [0.2, 0.25) is 0 Å². The number of thiophene rings is 1. The molecule has 2 heterocycles. The van der Waals surface area contributed by atoms with Gasteiger partial charge in [-0.05, 0) is 35.7 Å². The molecule has 0 spiro atoms. The van der Waals surface area contributed by atoms with Crippen molar-refractivity contribution in [2.75, 3.05) is 12.4 Å². The third kappa shape index (κ3) is 3.00. The number of nitrogens with one attached hydrogen (secondary N) is 1. The van der Waals surface area contributed by atoms with E-state index in [4.69, 9.17) is 4.74 Å². The van der Waals surface area contributed by atoms with Crippen LogP contribution in [0.4, 0.5) is 5.13 Å². The number of rotatable bonds is 5. The topological polar surface area (TPSA) is 34.1 Å². The smallest absolute Gasteiger partial charge is 0.183 e. The van der Waals surface area contributed by atoms with Crippen molar-refractivity contribution in [3.05, 3.63) is 52.0 Å². The molecule has 0 aliphatic heterocycles. The number of methoxy groups -OCH3 is 1. The van der Waals surface area contributed by atoms with Crippen molar-refractivity contribution in [2.24, 2.45) is 0 Å². The minimum absolute atomic E-state index is 0.827. The maximum Gasteiger partial charge on any atom is 0.183 e. The first-order chi connectivity index (χ1) is 9.85. The molecule has 1 N–H and O–H groups in total. The first kappa shape index (κ1) is 13.1. The molecule has 0 unspecified atom stereocenters. The van der Waals surface area contributed by atoms with Crippen molar-refractivity contribution < 1.29 is 4.74 Å². The Morgan fingerprint density at radius 1 is 1.15 bits per heavy atom. The Balaban J connectivity index is 1.69. The molecule has 0 atom stereocenters. The fourth-order valence-corrected chi connectivity index (χ4v) is 3.19. The van der Waals surface area contributed by atoms with E-state index in [0.717, 1.165) is 28.7 Å². The van der Waals surface area contributed by atoms with E-state index in [1.807, 2.05) is 24.3 Å². The average molecular weight is 302 g/mol. The Bertz CT molecular complexity index is 660. The van der Waals surface area contributed by atoms with Crippen LogP contribution in [0.15, 0.2) is 47.2 Å². The van der Waals surface area contributed by atoms with Gasteiger partial charge in [-0.2, -0.15) is 0 Å². The quantitative estimate of drug-likeness (QED) is 0.754. The zero-order chi connectivity index (χ0) is 13.8. The Hall–Kier alpha value is -1.85. The second-order valence-corrected chi connectivity index (χ2v) is 6.09. The summed E-state index contributed by atoms with van der Waals surface area (Å²) in [6, 6.07) is 12.1. The highest BCUT2D eigenvalue weighted by atomic mass is 32.1. The standard InChI is InChI=1S/C15H14N2OS2/c1-18-12-6-4-11(5-7-12)14-10-20-15(17-14)16-9-13-3-2-8-19-13/h2-8,10H,9H2,1H3,(H,16,17). The summed E-state index contributed by atoms with van der Waals surface area (Å²) in [6.45, 7) is 0.827. The summed E-state index contributed by atoms with van der Waals surface area (Å²) in [5.74, 6) is 0.861. The largest absolute Gasteiger partial charge is 0.497 e. The third-order valence-electron chi connectivity index (χ3n) is 2.88.